The standard InChI is InChI=1S/C22H24N6O2/c29-22-12-20(17-1-6-23-7-2-17)24-15-28(22)13-16-3-8-27(9-4-16)21-11-18-14-30-10-5-19(18)25-26-21/h1-2,6-7,11-12,15-16H,3-5,8-10,13-14H2. The Kier molecular flexibility index (Phi) is 5.23. The molecule has 30 heavy (non-hydrogen) atoms. The molecule has 0 N–H and O–H groups in total. The maximum atomic E-state index is 12.6. The second kappa shape index (κ2) is 8.31. The van der Waals surface area contributed by atoms with Crippen LogP contribution >= 0.6 is 0 Å². The van der Waals surface area contributed by atoms with Crippen LogP contribution in [0.3, 0.4) is 0 Å². The van der Waals surface area contributed by atoms with Gasteiger partial charge in [-0.1, -0.05) is 0 Å². The minimum atomic E-state index is -0.0141. The van der Waals surface area contributed by atoms with Crippen molar-refractivity contribution in [2.75, 3.05) is 24.6 Å². The maximum absolute atomic E-state index is 12.6. The number of hydrogen-bond acceptors (Lipinski definition) is 7. The predicted octanol–water partition coefficient (Wildman–Crippen LogP) is 2.08. The monoisotopic (exact) mass is 404 g/mol. The molecule has 5 rings (SSSR count). The molecule has 0 spiro atoms. The molecule has 8 heteroatoms. The Morgan fingerprint density at radius 1 is 1.10 bits per heavy atom. The molecule has 0 amide bonds. The third kappa shape index (κ3) is 3.95. The summed E-state index contributed by atoms with van der Waals surface area (Å²) in [5.74, 6) is 1.37. The summed E-state index contributed by atoms with van der Waals surface area (Å²) >= 11 is 0. The van der Waals surface area contributed by atoms with Gasteiger partial charge in [0, 0.05) is 55.6 Å². The Morgan fingerprint density at radius 3 is 2.73 bits per heavy atom. The summed E-state index contributed by atoms with van der Waals surface area (Å²) in [4.78, 5) is 23.3. The van der Waals surface area contributed by atoms with Crippen molar-refractivity contribution in [3.8, 4) is 11.3 Å². The quantitative estimate of drug-likeness (QED) is 0.658. The van der Waals surface area contributed by atoms with Gasteiger partial charge in [0.1, 0.15) is 0 Å². The van der Waals surface area contributed by atoms with E-state index in [1.165, 1.54) is 0 Å². The van der Waals surface area contributed by atoms with Crippen molar-refractivity contribution in [3.05, 3.63) is 64.6 Å². The van der Waals surface area contributed by atoms with E-state index in [4.69, 9.17) is 4.74 Å². The van der Waals surface area contributed by atoms with E-state index in [1.54, 1.807) is 29.4 Å². The van der Waals surface area contributed by atoms with Crippen LogP contribution in [0.4, 0.5) is 5.82 Å². The number of nitrogens with zero attached hydrogens (tertiary/aromatic N) is 6. The molecule has 0 aliphatic carbocycles. The van der Waals surface area contributed by atoms with Gasteiger partial charge in [0.2, 0.25) is 0 Å². The minimum Gasteiger partial charge on any atom is -0.376 e. The summed E-state index contributed by atoms with van der Waals surface area (Å²) in [5, 5.41) is 8.82. The van der Waals surface area contributed by atoms with Crippen molar-refractivity contribution >= 4 is 5.82 Å². The molecule has 0 aromatic carbocycles. The third-order valence-corrected chi connectivity index (χ3v) is 5.94. The van der Waals surface area contributed by atoms with E-state index in [0.29, 0.717) is 24.8 Å². The van der Waals surface area contributed by atoms with E-state index in [2.05, 4.69) is 31.1 Å². The van der Waals surface area contributed by atoms with Gasteiger partial charge >= 0.3 is 0 Å². The Morgan fingerprint density at radius 2 is 1.93 bits per heavy atom. The first kappa shape index (κ1) is 18.9. The largest absolute Gasteiger partial charge is 0.376 e. The van der Waals surface area contributed by atoms with Gasteiger partial charge in [-0.15, -0.1) is 5.10 Å². The molecule has 0 bridgehead atoms. The van der Waals surface area contributed by atoms with Crippen LogP contribution in [0.2, 0.25) is 0 Å². The molecule has 2 aliphatic heterocycles. The molecule has 3 aromatic heterocycles. The molecule has 154 valence electrons. The molecule has 8 nitrogen and oxygen atoms in total. The zero-order valence-electron chi connectivity index (χ0n) is 16.8. The summed E-state index contributed by atoms with van der Waals surface area (Å²) in [7, 11) is 0. The number of aromatic nitrogens is 5. The highest BCUT2D eigenvalue weighted by molar-refractivity contribution is 5.57. The molecule has 1 fully saturated rings. The van der Waals surface area contributed by atoms with Crippen molar-refractivity contribution in [2.45, 2.75) is 32.4 Å². The summed E-state index contributed by atoms with van der Waals surface area (Å²) in [6.07, 6.45) is 7.93. The Hall–Kier alpha value is -3.13. The third-order valence-electron chi connectivity index (χ3n) is 5.94. The van der Waals surface area contributed by atoms with Gasteiger partial charge in [-0.05, 0) is 37.0 Å². The number of ether oxygens (including phenoxy) is 1. The fourth-order valence-corrected chi connectivity index (χ4v) is 4.15. The second-order valence-electron chi connectivity index (χ2n) is 7.91. The van der Waals surface area contributed by atoms with E-state index in [1.807, 2.05) is 12.1 Å². The minimum absolute atomic E-state index is 0.0141. The van der Waals surface area contributed by atoms with Crippen molar-refractivity contribution in [2.24, 2.45) is 5.92 Å². The molecule has 0 unspecified atom stereocenters. The van der Waals surface area contributed by atoms with Gasteiger partial charge in [0.05, 0.1) is 30.9 Å². The fraction of sp³-hybridized carbons (Fsp3) is 0.409. The summed E-state index contributed by atoms with van der Waals surface area (Å²) in [5.41, 5.74) is 3.78. The van der Waals surface area contributed by atoms with Crippen LogP contribution in [0.5, 0.6) is 0 Å². The van der Waals surface area contributed by atoms with E-state index < -0.39 is 0 Å². The zero-order valence-corrected chi connectivity index (χ0v) is 16.8. The van der Waals surface area contributed by atoms with Gasteiger partial charge in [0.25, 0.3) is 5.56 Å². The van der Waals surface area contributed by atoms with Crippen LogP contribution in [0, 0.1) is 5.92 Å². The summed E-state index contributed by atoms with van der Waals surface area (Å²) in [6, 6.07) is 7.44. The van der Waals surface area contributed by atoms with Crippen molar-refractivity contribution < 1.29 is 4.74 Å². The highest BCUT2D eigenvalue weighted by Crippen LogP contribution is 2.25. The Balaban J connectivity index is 1.22. The summed E-state index contributed by atoms with van der Waals surface area (Å²) < 4.78 is 7.27. The first-order valence-electron chi connectivity index (χ1n) is 10.4. The average molecular weight is 404 g/mol. The van der Waals surface area contributed by atoms with E-state index in [0.717, 1.165) is 61.6 Å². The van der Waals surface area contributed by atoms with E-state index in [9.17, 15) is 4.79 Å². The normalized spacial score (nSPS) is 17.0. The lowest BCUT2D eigenvalue weighted by Gasteiger charge is -2.33. The van der Waals surface area contributed by atoms with Crippen LogP contribution in [0.25, 0.3) is 11.3 Å². The lowest BCUT2D eigenvalue weighted by atomic mass is 9.96. The molecule has 2 aliphatic rings. The van der Waals surface area contributed by atoms with E-state index >= 15 is 0 Å². The van der Waals surface area contributed by atoms with Gasteiger partial charge in [0.15, 0.2) is 5.82 Å². The van der Waals surface area contributed by atoms with Crippen LogP contribution in [0.15, 0.2) is 47.8 Å². The molecular formula is C22H24N6O2. The highest BCUT2D eigenvalue weighted by Gasteiger charge is 2.22. The zero-order chi connectivity index (χ0) is 20.3. The smallest absolute Gasteiger partial charge is 0.253 e. The molecule has 0 radical (unpaired) electrons. The van der Waals surface area contributed by atoms with Crippen LogP contribution in [0.1, 0.15) is 24.1 Å². The predicted molar refractivity (Wildman–Crippen MR) is 112 cm³/mol. The number of anilines is 1. The highest BCUT2D eigenvalue weighted by atomic mass is 16.5. The molecule has 3 aromatic rings. The number of fused-ring (bicyclic) bond motifs is 1. The SMILES string of the molecule is O=c1cc(-c2ccncc2)ncn1CC1CCN(c2cc3c(nn2)CCOC3)CC1. The molecule has 0 atom stereocenters. The summed E-state index contributed by atoms with van der Waals surface area (Å²) in [6.45, 7) is 3.87. The maximum Gasteiger partial charge on any atom is 0.253 e. The van der Waals surface area contributed by atoms with Crippen LogP contribution < -0.4 is 10.5 Å². The van der Waals surface area contributed by atoms with Crippen molar-refractivity contribution in [1.82, 2.24) is 24.7 Å². The number of piperidine rings is 1. The van der Waals surface area contributed by atoms with Crippen molar-refractivity contribution in [3.63, 3.8) is 0 Å². The van der Waals surface area contributed by atoms with Gasteiger partial charge in [-0.3, -0.25) is 14.3 Å². The fourth-order valence-electron chi connectivity index (χ4n) is 4.15. The number of rotatable bonds is 4. The van der Waals surface area contributed by atoms with E-state index in [-0.39, 0.29) is 5.56 Å². The second-order valence-corrected chi connectivity index (χ2v) is 7.91. The van der Waals surface area contributed by atoms with Gasteiger partial charge < -0.3 is 9.64 Å². The molecular weight excluding hydrogens is 380 g/mol. The topological polar surface area (TPSA) is 86.0 Å². The van der Waals surface area contributed by atoms with Crippen LogP contribution in [-0.4, -0.2) is 44.4 Å². The first-order chi connectivity index (χ1) is 14.8. The average Bonchev–Trinajstić information content (AvgIpc) is 2.81. The Labute approximate surface area is 174 Å². The number of hydrogen-bond donors (Lipinski definition) is 0. The molecule has 5 heterocycles. The van der Waals surface area contributed by atoms with Gasteiger partial charge in [-0.2, -0.15) is 5.10 Å². The molecule has 0 saturated carbocycles. The lowest BCUT2D eigenvalue weighted by Crippen LogP contribution is -2.37. The molecule has 1 saturated heterocycles. The van der Waals surface area contributed by atoms with Crippen molar-refractivity contribution in [1.29, 1.82) is 0 Å². The van der Waals surface area contributed by atoms with Crippen LogP contribution in [-0.2, 0) is 24.3 Å². The lowest BCUT2D eigenvalue weighted by molar-refractivity contribution is 0.108. The number of pyridine rings is 1. The van der Waals surface area contributed by atoms with Gasteiger partial charge in [-0.25, -0.2) is 4.98 Å². The first-order valence-corrected chi connectivity index (χ1v) is 10.4. The Bertz CT molecular complexity index is 1080.